The Balaban J connectivity index is 0.834. The number of carbonyl (C=O) groups is 1. The van der Waals surface area contributed by atoms with Crippen molar-refractivity contribution in [3.63, 3.8) is 0 Å². The molecule has 2 aliphatic heterocycles. The first-order valence-electron chi connectivity index (χ1n) is 26.1. The number of rotatable bonds is 16. The maximum absolute atomic E-state index is 14.1. The Kier molecular flexibility index (Phi) is 14.5. The van der Waals surface area contributed by atoms with E-state index in [0.717, 1.165) is 101 Å². The first-order chi connectivity index (χ1) is 35.6. The minimum absolute atomic E-state index is 0.0300. The second kappa shape index (κ2) is 21.0. The Labute approximate surface area is 433 Å². The van der Waals surface area contributed by atoms with Gasteiger partial charge in [0.05, 0.1) is 34.3 Å². The summed E-state index contributed by atoms with van der Waals surface area (Å²) in [6.07, 6.45) is 10.4. The molecule has 0 bridgehead atoms. The highest BCUT2D eigenvalue weighted by Crippen LogP contribution is 2.53. The number of para-hydroxylation sites is 1. The minimum atomic E-state index is -4.59. The van der Waals surface area contributed by atoms with Crippen LogP contribution in [0.4, 0.5) is 17.1 Å². The molecule has 17 heteroatoms. The molecule has 2 saturated carbocycles. The molecule has 0 radical (unpaired) electrons. The molecule has 1 spiro atoms. The molecule has 2 aromatic heterocycles. The van der Waals surface area contributed by atoms with Crippen molar-refractivity contribution in [3.8, 4) is 17.2 Å². The van der Waals surface area contributed by atoms with Crippen LogP contribution in [0.1, 0.15) is 111 Å². The van der Waals surface area contributed by atoms with Crippen molar-refractivity contribution in [2.45, 2.75) is 107 Å². The number of amides is 1. The molecular formula is C57H68N8O8S. The molecule has 6 aromatic rings. The number of carbonyl (C=O) groups excluding carboxylic acids is 1. The molecular weight excluding hydrogens is 957 g/mol. The SMILES string of the molecule is COc1ccccc1CN1CCN(C2CC3(CCN(c4ccc(C(=O)NS(=O)(=O)c5ccc(NC[C@H]6CC[C@](C)(O)CC6)c([N+](=O)[O-])c5)c(Oc5cnc6[nH]ccc6c5)c4)CC3)C2)C(c2ccccc2C(C)C)C1. The Morgan fingerprint density at radius 3 is 2.45 bits per heavy atom. The van der Waals surface area contributed by atoms with Crippen LogP contribution in [0.3, 0.4) is 0 Å². The number of piperazine rings is 1. The topological polar surface area (TPSA) is 195 Å². The lowest BCUT2D eigenvalue weighted by molar-refractivity contribution is -0.384. The Morgan fingerprint density at radius 2 is 1.69 bits per heavy atom. The van der Waals surface area contributed by atoms with Crippen LogP contribution >= 0.6 is 0 Å². The lowest BCUT2D eigenvalue weighted by Crippen LogP contribution is -2.60. The lowest BCUT2D eigenvalue weighted by Gasteiger charge is -2.58. The van der Waals surface area contributed by atoms with Gasteiger partial charge in [-0.2, -0.15) is 0 Å². The van der Waals surface area contributed by atoms with Crippen LogP contribution in [0.5, 0.6) is 17.2 Å². The summed E-state index contributed by atoms with van der Waals surface area (Å²) in [6, 6.07) is 30.5. The summed E-state index contributed by atoms with van der Waals surface area (Å²) in [6.45, 7) is 12.2. The molecule has 2 saturated heterocycles. The Bertz CT molecular complexity index is 3120. The number of sulfonamides is 1. The average Bonchev–Trinajstić information content (AvgIpc) is 3.86. The fourth-order valence-electron chi connectivity index (χ4n) is 12.0. The smallest absolute Gasteiger partial charge is 0.293 e. The van der Waals surface area contributed by atoms with Gasteiger partial charge in [-0.05, 0) is 129 Å². The molecule has 4 heterocycles. The predicted molar refractivity (Wildman–Crippen MR) is 287 cm³/mol. The van der Waals surface area contributed by atoms with Gasteiger partial charge in [0, 0.05) is 92.9 Å². The quantitative estimate of drug-likeness (QED) is 0.0529. The van der Waals surface area contributed by atoms with Crippen LogP contribution in [0, 0.1) is 21.4 Å². The fraction of sp³-hybridized carbons (Fsp3) is 0.439. The van der Waals surface area contributed by atoms with Crippen LogP contribution in [-0.4, -0.2) is 102 Å². The number of ether oxygens (including phenoxy) is 2. The molecule has 4 fully saturated rings. The number of benzene rings is 4. The maximum atomic E-state index is 14.1. The minimum Gasteiger partial charge on any atom is -0.496 e. The predicted octanol–water partition coefficient (Wildman–Crippen LogP) is 10.2. The number of piperidine rings is 1. The van der Waals surface area contributed by atoms with Crippen LogP contribution < -0.4 is 24.4 Å². The zero-order chi connectivity index (χ0) is 51.8. The highest BCUT2D eigenvalue weighted by atomic mass is 32.2. The summed E-state index contributed by atoms with van der Waals surface area (Å²) >= 11 is 0. The van der Waals surface area contributed by atoms with E-state index in [1.165, 1.54) is 28.8 Å². The van der Waals surface area contributed by atoms with Crippen molar-refractivity contribution in [1.29, 1.82) is 0 Å². The summed E-state index contributed by atoms with van der Waals surface area (Å²) in [5, 5.41) is 26.5. The van der Waals surface area contributed by atoms with Gasteiger partial charge in [0.25, 0.3) is 21.6 Å². The van der Waals surface area contributed by atoms with Crippen molar-refractivity contribution in [3.05, 3.63) is 142 Å². The fourth-order valence-corrected chi connectivity index (χ4v) is 13.0. The van der Waals surface area contributed by atoms with E-state index in [1.54, 1.807) is 37.7 Å². The van der Waals surface area contributed by atoms with Crippen molar-refractivity contribution in [2.75, 3.05) is 56.6 Å². The standard InChI is InChI=1S/C57H68N8O8S/c1-38(2)46-10-6-7-11-47(46)51-37-62(36-41-9-5-8-12-52(41)72-4)27-28-64(51)43-32-57(33-43)22-25-63(26-23-57)42-13-15-48(53(30-42)73-44-29-40-19-24-58-54(40)60-35-44)55(66)61-74(70,71)45-14-16-49(50(31-45)65(68)69)59-34-39-17-20-56(3,67)21-18-39/h5-16,19,24,29-31,35,38-39,43,51,59,67H,17-18,20-23,25-28,32-34,36-37H2,1-4H3,(H,58,60)(H,61,66)/t39-,51?,56-. The van der Waals surface area contributed by atoms with Crippen molar-refractivity contribution in [1.82, 2.24) is 24.5 Å². The van der Waals surface area contributed by atoms with Crippen molar-refractivity contribution >= 4 is 44.0 Å². The summed E-state index contributed by atoms with van der Waals surface area (Å²) in [4.78, 5) is 40.5. The van der Waals surface area contributed by atoms with E-state index >= 15 is 0 Å². The first kappa shape index (κ1) is 51.0. The zero-order valence-corrected chi connectivity index (χ0v) is 43.6. The molecule has 4 N–H and O–H groups in total. The highest BCUT2D eigenvalue weighted by Gasteiger charge is 2.50. The van der Waals surface area contributed by atoms with E-state index in [1.807, 2.05) is 31.2 Å². The number of pyridine rings is 1. The van der Waals surface area contributed by atoms with Gasteiger partial charge < -0.3 is 29.8 Å². The molecule has 4 aromatic carbocycles. The first-order valence-corrected chi connectivity index (χ1v) is 27.5. The van der Waals surface area contributed by atoms with Gasteiger partial charge in [0.15, 0.2) is 0 Å². The van der Waals surface area contributed by atoms with Gasteiger partial charge in [-0.15, -0.1) is 0 Å². The summed E-state index contributed by atoms with van der Waals surface area (Å²) < 4.78 is 42.0. The number of nitro groups is 1. The van der Waals surface area contributed by atoms with Crippen LogP contribution in [0.2, 0.25) is 0 Å². The van der Waals surface area contributed by atoms with E-state index in [9.17, 15) is 28.4 Å². The molecule has 74 heavy (non-hydrogen) atoms. The number of nitrogens with zero attached hydrogens (tertiary/aromatic N) is 5. The maximum Gasteiger partial charge on any atom is 0.293 e. The van der Waals surface area contributed by atoms with Gasteiger partial charge in [0.2, 0.25) is 0 Å². The van der Waals surface area contributed by atoms with E-state index in [2.05, 4.69) is 85.0 Å². The van der Waals surface area contributed by atoms with Gasteiger partial charge >= 0.3 is 0 Å². The number of fused-ring (bicyclic) bond motifs is 1. The van der Waals surface area contributed by atoms with E-state index in [0.29, 0.717) is 42.7 Å². The number of anilines is 2. The molecule has 2 aliphatic carbocycles. The zero-order valence-electron chi connectivity index (χ0n) is 42.8. The van der Waals surface area contributed by atoms with Crippen LogP contribution in [0.25, 0.3) is 11.0 Å². The number of aromatic nitrogens is 2. The van der Waals surface area contributed by atoms with Crippen molar-refractivity contribution in [2.24, 2.45) is 11.3 Å². The molecule has 10 rings (SSSR count). The molecule has 1 atom stereocenters. The van der Waals surface area contributed by atoms with Crippen molar-refractivity contribution < 1.29 is 32.7 Å². The Hall–Kier alpha value is -6.53. The number of aromatic amines is 1. The molecule has 390 valence electrons. The molecule has 4 aliphatic rings. The molecule has 1 unspecified atom stereocenters. The Morgan fingerprint density at radius 1 is 0.932 bits per heavy atom. The third-order valence-corrected chi connectivity index (χ3v) is 17.7. The number of hydrogen-bond acceptors (Lipinski definition) is 13. The molecule has 1 amide bonds. The normalized spacial score (nSPS) is 21.6. The van der Waals surface area contributed by atoms with E-state index < -0.39 is 37.0 Å². The third kappa shape index (κ3) is 11.0. The summed E-state index contributed by atoms with van der Waals surface area (Å²) in [5.41, 5.74) is 4.77. The largest absolute Gasteiger partial charge is 0.496 e. The van der Waals surface area contributed by atoms with Crippen LogP contribution in [0.15, 0.2) is 114 Å². The van der Waals surface area contributed by atoms with E-state index in [-0.39, 0.29) is 34.4 Å². The van der Waals surface area contributed by atoms with Gasteiger partial charge in [-0.1, -0.05) is 56.3 Å². The van der Waals surface area contributed by atoms with E-state index in [4.69, 9.17) is 9.47 Å². The third-order valence-electron chi connectivity index (χ3n) is 16.3. The van der Waals surface area contributed by atoms with Crippen LogP contribution in [-0.2, 0) is 16.6 Å². The number of nitrogens with one attached hydrogen (secondary N) is 3. The number of aliphatic hydroxyl groups is 1. The van der Waals surface area contributed by atoms with Gasteiger partial charge in [-0.3, -0.25) is 24.7 Å². The number of H-pyrrole nitrogens is 1. The molecule has 16 nitrogen and oxygen atoms in total. The second-order valence-electron chi connectivity index (χ2n) is 21.7. The monoisotopic (exact) mass is 1020 g/mol. The van der Waals surface area contributed by atoms with Gasteiger partial charge in [0.1, 0.15) is 28.6 Å². The highest BCUT2D eigenvalue weighted by molar-refractivity contribution is 7.90. The number of hydrogen-bond donors (Lipinski definition) is 4. The summed E-state index contributed by atoms with van der Waals surface area (Å²) in [7, 11) is -2.85. The number of methoxy groups -OCH3 is 1. The van der Waals surface area contributed by atoms with Gasteiger partial charge in [-0.25, -0.2) is 18.1 Å². The average molecular weight is 1030 g/mol. The lowest BCUT2D eigenvalue weighted by atomic mass is 9.59. The number of nitro benzene ring substituents is 1. The second-order valence-corrected chi connectivity index (χ2v) is 23.4. The summed E-state index contributed by atoms with van der Waals surface area (Å²) in [5.74, 6) is 1.08.